The average molecular weight is 884 g/mol. The van der Waals surface area contributed by atoms with E-state index in [1.54, 1.807) is 0 Å². The van der Waals surface area contributed by atoms with Gasteiger partial charge in [0, 0.05) is 6.42 Å². The van der Waals surface area contributed by atoms with Gasteiger partial charge in [-0.25, -0.2) is 0 Å². The van der Waals surface area contributed by atoms with Crippen LogP contribution < -0.4 is 5.32 Å². The van der Waals surface area contributed by atoms with E-state index >= 15 is 0 Å². The Kier molecular flexibility index (Phi) is 40.9. The van der Waals surface area contributed by atoms with Crippen molar-refractivity contribution < 1.29 is 40.2 Å². The molecule has 0 aromatic rings. The number of aliphatic hydroxyl groups excluding tert-OH is 6. The van der Waals surface area contributed by atoms with Crippen molar-refractivity contribution in [3.8, 4) is 0 Å². The molecule has 0 aromatic heterocycles. The molecule has 0 radical (unpaired) electrons. The molecule has 0 aliphatic carbocycles. The maximum atomic E-state index is 13.1. The second kappa shape index (κ2) is 42.8. The normalized spacial score (nSPS) is 20.7. The third kappa shape index (κ3) is 32.0. The van der Waals surface area contributed by atoms with Gasteiger partial charge in [0.2, 0.25) is 5.91 Å². The lowest BCUT2D eigenvalue weighted by Gasteiger charge is -2.40. The first-order chi connectivity index (χ1) is 30.3. The number of hydrogen-bond acceptors (Lipinski definition) is 8. The Hall–Kier alpha value is -0.810. The lowest BCUT2D eigenvalue weighted by atomic mass is 9.91. The standard InChI is InChI=1S/C53H105NO8/c1-3-5-7-9-11-13-15-17-18-19-20-21-22-23-24-25-26-27-29-31-33-35-37-43-49(57)54-45(40-38-39-42-47-51(59)53(61)52(60)48(44-55)62-47)50(58)46(56)41-36-34-32-30-28-16-14-12-10-8-6-4-2/h45-48,50-53,55-56,58-61H,3-44H2,1-2H3,(H,54,57). The highest BCUT2D eigenvalue weighted by Gasteiger charge is 2.43. The van der Waals surface area contributed by atoms with E-state index in [-0.39, 0.29) is 5.91 Å². The molecule has 1 aliphatic heterocycles. The molecule has 9 heteroatoms. The molecule has 1 rings (SSSR count). The lowest BCUT2D eigenvalue weighted by Crippen LogP contribution is -2.58. The summed E-state index contributed by atoms with van der Waals surface area (Å²) in [6, 6.07) is -0.589. The molecular formula is C53H105NO8. The second-order valence-electron chi connectivity index (χ2n) is 19.6. The first-order valence-electron chi connectivity index (χ1n) is 27.2. The molecular weight excluding hydrogens is 779 g/mol. The van der Waals surface area contributed by atoms with Crippen LogP contribution in [0.25, 0.3) is 0 Å². The SMILES string of the molecule is CCCCCCCCCCCCCCCCCCCCCCCCCC(=O)NC(CCCCC1OC(CO)C(O)C(O)C1O)C(O)C(O)CCCCCCCCCCCCCC. The maximum absolute atomic E-state index is 13.1. The molecule has 0 bridgehead atoms. The highest BCUT2D eigenvalue weighted by atomic mass is 16.5. The number of carbonyl (C=O) groups is 1. The maximum Gasteiger partial charge on any atom is 0.220 e. The van der Waals surface area contributed by atoms with Crippen LogP contribution in [0.15, 0.2) is 0 Å². The van der Waals surface area contributed by atoms with E-state index in [1.807, 2.05) is 0 Å². The first kappa shape index (κ1) is 59.2. The predicted molar refractivity (Wildman–Crippen MR) is 258 cm³/mol. The molecule has 1 aliphatic rings. The molecule has 1 amide bonds. The van der Waals surface area contributed by atoms with Crippen LogP contribution in [0.5, 0.6) is 0 Å². The number of ether oxygens (including phenoxy) is 1. The zero-order chi connectivity index (χ0) is 45.3. The summed E-state index contributed by atoms with van der Waals surface area (Å²) in [7, 11) is 0. The van der Waals surface area contributed by atoms with Crippen LogP contribution in [0, 0.1) is 0 Å². The third-order valence-electron chi connectivity index (χ3n) is 13.8. The van der Waals surface area contributed by atoms with Gasteiger partial charge in [-0.1, -0.05) is 245 Å². The van der Waals surface area contributed by atoms with Gasteiger partial charge in [0.05, 0.1) is 31.0 Å². The molecule has 1 saturated heterocycles. The Labute approximate surface area is 382 Å². The van der Waals surface area contributed by atoms with E-state index in [9.17, 15) is 35.4 Å². The summed E-state index contributed by atoms with van der Waals surface area (Å²) in [4.78, 5) is 13.1. The zero-order valence-electron chi connectivity index (χ0n) is 40.8. The van der Waals surface area contributed by atoms with Crippen LogP contribution in [-0.4, -0.2) is 91.9 Å². The number of unbranched alkanes of at least 4 members (excludes halogenated alkanes) is 34. The minimum Gasteiger partial charge on any atom is -0.394 e. The quantitative estimate of drug-likeness (QED) is 0.0298. The third-order valence-corrected chi connectivity index (χ3v) is 13.8. The summed E-state index contributed by atoms with van der Waals surface area (Å²) >= 11 is 0. The van der Waals surface area contributed by atoms with Crippen LogP contribution in [-0.2, 0) is 9.53 Å². The van der Waals surface area contributed by atoms with Crippen molar-refractivity contribution in [2.75, 3.05) is 6.61 Å². The molecule has 370 valence electrons. The van der Waals surface area contributed by atoms with Crippen LogP contribution in [0.3, 0.4) is 0 Å². The van der Waals surface area contributed by atoms with Crippen molar-refractivity contribution in [2.24, 2.45) is 0 Å². The highest BCUT2D eigenvalue weighted by Crippen LogP contribution is 2.26. The van der Waals surface area contributed by atoms with Crippen LogP contribution in [0.2, 0.25) is 0 Å². The van der Waals surface area contributed by atoms with Crippen molar-refractivity contribution >= 4 is 5.91 Å². The molecule has 0 saturated carbocycles. The van der Waals surface area contributed by atoms with Gasteiger partial charge in [0.15, 0.2) is 0 Å². The minimum atomic E-state index is -1.40. The van der Waals surface area contributed by atoms with E-state index in [0.717, 1.165) is 38.5 Å². The summed E-state index contributed by atoms with van der Waals surface area (Å²) in [5.74, 6) is -0.0935. The molecule has 9 nitrogen and oxygen atoms in total. The average Bonchev–Trinajstić information content (AvgIpc) is 3.27. The van der Waals surface area contributed by atoms with Crippen molar-refractivity contribution in [3.63, 3.8) is 0 Å². The molecule has 0 aromatic carbocycles. The van der Waals surface area contributed by atoms with Gasteiger partial charge < -0.3 is 40.7 Å². The molecule has 0 spiro atoms. The summed E-state index contributed by atoms with van der Waals surface area (Å²) < 4.78 is 5.66. The van der Waals surface area contributed by atoms with Crippen molar-refractivity contribution in [1.82, 2.24) is 5.32 Å². The van der Waals surface area contributed by atoms with E-state index in [1.165, 1.54) is 186 Å². The van der Waals surface area contributed by atoms with Gasteiger partial charge in [-0.05, 0) is 25.7 Å². The number of nitrogens with one attached hydrogen (secondary N) is 1. The van der Waals surface area contributed by atoms with E-state index < -0.39 is 55.4 Å². The Morgan fingerprint density at radius 3 is 1.18 bits per heavy atom. The first-order valence-corrected chi connectivity index (χ1v) is 27.2. The topological polar surface area (TPSA) is 160 Å². The fourth-order valence-electron chi connectivity index (χ4n) is 9.44. The van der Waals surface area contributed by atoms with E-state index in [2.05, 4.69) is 19.2 Å². The van der Waals surface area contributed by atoms with Crippen molar-refractivity contribution in [1.29, 1.82) is 0 Å². The smallest absolute Gasteiger partial charge is 0.220 e. The fraction of sp³-hybridized carbons (Fsp3) is 0.981. The predicted octanol–water partition coefficient (Wildman–Crippen LogP) is 12.1. The number of aliphatic hydroxyl groups is 6. The lowest BCUT2D eigenvalue weighted by molar-refractivity contribution is -0.230. The molecule has 1 heterocycles. The van der Waals surface area contributed by atoms with Gasteiger partial charge in [0.25, 0.3) is 0 Å². The second-order valence-corrected chi connectivity index (χ2v) is 19.6. The number of carbonyl (C=O) groups excluding carboxylic acids is 1. The largest absolute Gasteiger partial charge is 0.394 e. The van der Waals surface area contributed by atoms with Gasteiger partial charge in [-0.15, -0.1) is 0 Å². The fourth-order valence-corrected chi connectivity index (χ4v) is 9.44. The van der Waals surface area contributed by atoms with Gasteiger partial charge in [-0.2, -0.15) is 0 Å². The number of rotatable bonds is 46. The molecule has 62 heavy (non-hydrogen) atoms. The Balaban J connectivity index is 2.27. The summed E-state index contributed by atoms with van der Waals surface area (Å²) in [5.41, 5.74) is 0. The summed E-state index contributed by atoms with van der Waals surface area (Å²) in [5, 5.41) is 65.6. The summed E-state index contributed by atoms with van der Waals surface area (Å²) in [6.07, 6.45) is 40.6. The van der Waals surface area contributed by atoms with Crippen LogP contribution >= 0.6 is 0 Å². The zero-order valence-corrected chi connectivity index (χ0v) is 40.8. The molecule has 7 N–H and O–H groups in total. The highest BCUT2D eigenvalue weighted by molar-refractivity contribution is 5.76. The Morgan fingerprint density at radius 1 is 0.452 bits per heavy atom. The van der Waals surface area contributed by atoms with Gasteiger partial charge in [0.1, 0.15) is 24.4 Å². The van der Waals surface area contributed by atoms with Gasteiger partial charge >= 0.3 is 0 Å². The van der Waals surface area contributed by atoms with Crippen LogP contribution in [0.4, 0.5) is 0 Å². The van der Waals surface area contributed by atoms with E-state index in [4.69, 9.17) is 4.74 Å². The van der Waals surface area contributed by atoms with E-state index in [0.29, 0.717) is 38.5 Å². The van der Waals surface area contributed by atoms with Crippen molar-refractivity contribution in [3.05, 3.63) is 0 Å². The molecule has 8 unspecified atom stereocenters. The summed E-state index contributed by atoms with van der Waals surface area (Å²) in [6.45, 7) is 4.08. The Morgan fingerprint density at radius 2 is 0.790 bits per heavy atom. The van der Waals surface area contributed by atoms with Crippen LogP contribution in [0.1, 0.15) is 277 Å². The molecule has 8 atom stereocenters. The number of amides is 1. The van der Waals surface area contributed by atoms with Gasteiger partial charge in [-0.3, -0.25) is 4.79 Å². The molecule has 1 fully saturated rings. The Bertz CT molecular complexity index is 955. The van der Waals surface area contributed by atoms with Crippen molar-refractivity contribution in [2.45, 2.75) is 326 Å². The minimum absolute atomic E-state index is 0.0935. The number of hydrogen-bond donors (Lipinski definition) is 7. The monoisotopic (exact) mass is 884 g/mol.